The summed E-state index contributed by atoms with van der Waals surface area (Å²) in [5.41, 5.74) is 3.13. The van der Waals surface area contributed by atoms with Gasteiger partial charge in [-0.05, 0) is 40.9 Å². The first-order valence-corrected chi connectivity index (χ1v) is 7.11. The summed E-state index contributed by atoms with van der Waals surface area (Å²) in [4.78, 5) is 11.7. The Morgan fingerprint density at radius 3 is 2.83 bits per heavy atom. The molecule has 0 radical (unpaired) electrons. The lowest BCUT2D eigenvalue weighted by molar-refractivity contribution is 0.0954. The van der Waals surface area contributed by atoms with E-state index in [4.69, 9.17) is 0 Å². The first-order chi connectivity index (χ1) is 8.75. The molecule has 3 nitrogen and oxygen atoms in total. The average molecular weight is 311 g/mol. The number of nitrogens with one attached hydrogen (secondary N) is 1. The number of hydrogen-bond donors (Lipinski definition) is 1. The average Bonchev–Trinajstić information content (AvgIpc) is 2.38. The van der Waals surface area contributed by atoms with Crippen LogP contribution in [0.2, 0.25) is 0 Å². The summed E-state index contributed by atoms with van der Waals surface area (Å²) in [6, 6.07) is 7.30. The predicted octanol–water partition coefficient (Wildman–Crippen LogP) is 4.14. The Bertz CT molecular complexity index is 405. The molecule has 1 amide bonds. The van der Waals surface area contributed by atoms with Crippen LogP contribution in [0.25, 0.3) is 0 Å². The molecule has 0 bridgehead atoms. The Morgan fingerprint density at radius 1 is 1.33 bits per heavy atom. The maximum atomic E-state index is 11.7. The van der Waals surface area contributed by atoms with Crippen LogP contribution in [0.1, 0.15) is 49.4 Å². The Labute approximate surface area is 117 Å². The maximum absolute atomic E-state index is 11.7. The van der Waals surface area contributed by atoms with E-state index in [1.54, 1.807) is 12.3 Å². The minimum absolute atomic E-state index is 0.188. The number of nitrogens with zero attached hydrogens (tertiary/aromatic N) is 1. The van der Waals surface area contributed by atoms with Gasteiger partial charge in [0.2, 0.25) is 0 Å². The van der Waals surface area contributed by atoms with E-state index in [1.165, 1.54) is 19.3 Å². The van der Waals surface area contributed by atoms with Crippen molar-refractivity contribution in [1.29, 1.82) is 0 Å². The normalized spacial score (nSPS) is 10.8. The topological polar surface area (TPSA) is 41.5 Å². The van der Waals surface area contributed by atoms with Crippen LogP contribution in [-0.2, 0) is 0 Å². The Balaban J connectivity index is 2.29. The summed E-state index contributed by atoms with van der Waals surface area (Å²) in [6.07, 6.45) is 7.52. The zero-order chi connectivity index (χ0) is 13.2. The van der Waals surface area contributed by atoms with Crippen LogP contribution in [0.3, 0.4) is 0 Å². The molecule has 4 heteroatoms. The van der Waals surface area contributed by atoms with Gasteiger partial charge in [0, 0.05) is 10.7 Å². The summed E-state index contributed by atoms with van der Waals surface area (Å²) in [5.74, 6) is -0.188. The van der Waals surface area contributed by atoms with Crippen molar-refractivity contribution in [2.75, 3.05) is 0 Å². The van der Waals surface area contributed by atoms with Gasteiger partial charge in [0.1, 0.15) is 0 Å². The standard InChI is InChI=1S/C14H19BrN2O/c1-2-3-4-5-8-11-16-17-14(18)12-9-6-7-10-13(12)15/h6-7,9-11H,2-5,8H2,1H3,(H,17,18). The molecule has 0 saturated carbocycles. The van der Waals surface area contributed by atoms with Crippen molar-refractivity contribution in [1.82, 2.24) is 5.43 Å². The highest BCUT2D eigenvalue weighted by Gasteiger charge is 2.06. The smallest absolute Gasteiger partial charge is 0.267 e. The second kappa shape index (κ2) is 8.86. The fourth-order valence-electron chi connectivity index (χ4n) is 1.54. The second-order valence-electron chi connectivity index (χ2n) is 4.08. The molecule has 0 atom stereocenters. The molecular formula is C14H19BrN2O. The van der Waals surface area contributed by atoms with Gasteiger partial charge in [-0.2, -0.15) is 5.10 Å². The molecule has 1 rings (SSSR count). The molecule has 0 spiro atoms. The van der Waals surface area contributed by atoms with Crippen LogP contribution in [0.5, 0.6) is 0 Å². The highest BCUT2D eigenvalue weighted by molar-refractivity contribution is 9.10. The molecule has 1 N–H and O–H groups in total. The molecule has 0 heterocycles. The lowest BCUT2D eigenvalue weighted by Gasteiger charge is -2.01. The Morgan fingerprint density at radius 2 is 2.11 bits per heavy atom. The van der Waals surface area contributed by atoms with E-state index in [9.17, 15) is 4.79 Å². The Kier molecular flexibility index (Phi) is 7.34. The van der Waals surface area contributed by atoms with Crippen LogP contribution in [0, 0.1) is 0 Å². The zero-order valence-corrected chi connectivity index (χ0v) is 12.2. The minimum atomic E-state index is -0.188. The van der Waals surface area contributed by atoms with Crippen LogP contribution in [-0.4, -0.2) is 12.1 Å². The molecule has 0 aliphatic rings. The molecule has 0 aliphatic heterocycles. The van der Waals surface area contributed by atoms with Gasteiger partial charge < -0.3 is 0 Å². The number of rotatable bonds is 7. The van der Waals surface area contributed by atoms with E-state index in [1.807, 2.05) is 18.2 Å². The van der Waals surface area contributed by atoms with E-state index in [0.29, 0.717) is 5.56 Å². The van der Waals surface area contributed by atoms with Crippen LogP contribution in [0.15, 0.2) is 33.8 Å². The predicted molar refractivity (Wildman–Crippen MR) is 78.9 cm³/mol. The Hall–Kier alpha value is -1.16. The number of benzene rings is 1. The first-order valence-electron chi connectivity index (χ1n) is 6.32. The molecule has 0 unspecified atom stereocenters. The van der Waals surface area contributed by atoms with Crippen molar-refractivity contribution < 1.29 is 4.79 Å². The SMILES string of the molecule is CCCCCCC=NNC(=O)c1ccccc1Br. The van der Waals surface area contributed by atoms with Gasteiger partial charge in [-0.25, -0.2) is 5.43 Å². The number of hydrazone groups is 1. The van der Waals surface area contributed by atoms with Crippen molar-refractivity contribution in [3.63, 3.8) is 0 Å². The maximum Gasteiger partial charge on any atom is 0.272 e. The molecule has 18 heavy (non-hydrogen) atoms. The first kappa shape index (κ1) is 14.9. The summed E-state index contributed by atoms with van der Waals surface area (Å²) >= 11 is 3.34. The van der Waals surface area contributed by atoms with Gasteiger partial charge in [-0.3, -0.25) is 4.79 Å². The van der Waals surface area contributed by atoms with Crippen molar-refractivity contribution in [3.8, 4) is 0 Å². The van der Waals surface area contributed by atoms with Gasteiger partial charge in [-0.15, -0.1) is 0 Å². The van der Waals surface area contributed by atoms with E-state index >= 15 is 0 Å². The van der Waals surface area contributed by atoms with Gasteiger partial charge in [0.15, 0.2) is 0 Å². The molecule has 1 aromatic rings. The lowest BCUT2D eigenvalue weighted by atomic mass is 10.2. The molecule has 98 valence electrons. The van der Waals surface area contributed by atoms with E-state index in [0.717, 1.165) is 17.3 Å². The lowest BCUT2D eigenvalue weighted by Crippen LogP contribution is -2.17. The number of unbranched alkanes of at least 4 members (excludes halogenated alkanes) is 4. The number of amides is 1. The molecule has 1 aromatic carbocycles. The summed E-state index contributed by atoms with van der Waals surface area (Å²) in [6.45, 7) is 2.19. The molecule has 0 fully saturated rings. The van der Waals surface area contributed by atoms with E-state index in [-0.39, 0.29) is 5.91 Å². The fraction of sp³-hybridized carbons (Fsp3) is 0.429. The molecule has 0 aliphatic carbocycles. The third-order valence-corrected chi connectivity index (χ3v) is 3.25. The quantitative estimate of drug-likeness (QED) is 0.459. The highest BCUT2D eigenvalue weighted by atomic mass is 79.9. The van der Waals surface area contributed by atoms with Crippen molar-refractivity contribution >= 4 is 28.1 Å². The summed E-state index contributed by atoms with van der Waals surface area (Å²) < 4.78 is 0.778. The third-order valence-electron chi connectivity index (χ3n) is 2.56. The van der Waals surface area contributed by atoms with Crippen molar-refractivity contribution in [2.24, 2.45) is 5.10 Å². The molecular weight excluding hydrogens is 292 g/mol. The number of carbonyl (C=O) groups is 1. The number of hydrogen-bond acceptors (Lipinski definition) is 2. The largest absolute Gasteiger partial charge is 0.272 e. The summed E-state index contributed by atoms with van der Waals surface area (Å²) in [5, 5.41) is 3.94. The van der Waals surface area contributed by atoms with E-state index < -0.39 is 0 Å². The van der Waals surface area contributed by atoms with Crippen LogP contribution >= 0.6 is 15.9 Å². The van der Waals surface area contributed by atoms with E-state index in [2.05, 4.69) is 33.4 Å². The molecule has 0 saturated heterocycles. The number of carbonyl (C=O) groups excluding carboxylic acids is 1. The highest BCUT2D eigenvalue weighted by Crippen LogP contribution is 2.15. The van der Waals surface area contributed by atoms with Crippen molar-refractivity contribution in [2.45, 2.75) is 39.0 Å². The second-order valence-corrected chi connectivity index (χ2v) is 4.94. The van der Waals surface area contributed by atoms with Crippen molar-refractivity contribution in [3.05, 3.63) is 34.3 Å². The van der Waals surface area contributed by atoms with Crippen LogP contribution in [0.4, 0.5) is 0 Å². The fourth-order valence-corrected chi connectivity index (χ4v) is 2.00. The monoisotopic (exact) mass is 310 g/mol. The van der Waals surface area contributed by atoms with Gasteiger partial charge in [0.05, 0.1) is 5.56 Å². The molecule has 0 aromatic heterocycles. The minimum Gasteiger partial charge on any atom is -0.267 e. The van der Waals surface area contributed by atoms with Gasteiger partial charge in [-0.1, -0.05) is 38.3 Å². The van der Waals surface area contributed by atoms with Crippen LogP contribution < -0.4 is 5.43 Å². The number of halogens is 1. The van der Waals surface area contributed by atoms with Gasteiger partial charge in [0.25, 0.3) is 5.91 Å². The van der Waals surface area contributed by atoms with Gasteiger partial charge >= 0.3 is 0 Å². The third kappa shape index (κ3) is 5.45. The zero-order valence-electron chi connectivity index (χ0n) is 10.7. The summed E-state index contributed by atoms with van der Waals surface area (Å²) in [7, 11) is 0.